The first-order chi connectivity index (χ1) is 14.2. The number of aromatic nitrogens is 1. The van der Waals surface area contributed by atoms with Crippen molar-refractivity contribution in [1.82, 2.24) is 15.6 Å². The molecule has 0 fully saturated rings. The number of hydrogen-bond donors (Lipinski definition) is 2. The number of halogens is 3. The van der Waals surface area contributed by atoms with Gasteiger partial charge < -0.3 is 10.6 Å². The summed E-state index contributed by atoms with van der Waals surface area (Å²) in [6.07, 6.45) is -0.524. The molecule has 2 atom stereocenters. The zero-order valence-electron chi connectivity index (χ0n) is 16.8. The van der Waals surface area contributed by atoms with Crippen molar-refractivity contribution < 1.29 is 22.8 Å². The molecule has 0 spiro atoms. The second-order valence-corrected chi connectivity index (χ2v) is 7.60. The first-order valence-electron chi connectivity index (χ1n) is 9.85. The summed E-state index contributed by atoms with van der Waals surface area (Å²) in [7, 11) is 1.53. The molecule has 0 saturated carbocycles. The van der Waals surface area contributed by atoms with Crippen molar-refractivity contribution in [3.8, 4) is 0 Å². The second kappa shape index (κ2) is 8.85. The lowest BCUT2D eigenvalue weighted by Gasteiger charge is -2.24. The molecule has 1 aliphatic rings. The molecule has 1 aliphatic carbocycles. The topological polar surface area (TPSA) is 71.1 Å². The maximum absolute atomic E-state index is 12.9. The fourth-order valence-corrected chi connectivity index (χ4v) is 3.66. The number of alkyl halides is 3. The number of nitrogens with zero attached hydrogens (tertiary/aromatic N) is 1. The van der Waals surface area contributed by atoms with Gasteiger partial charge in [-0.15, -0.1) is 0 Å². The monoisotopic (exact) mass is 419 g/mol. The summed E-state index contributed by atoms with van der Waals surface area (Å²) < 4.78 is 38.8. The highest BCUT2D eigenvalue weighted by molar-refractivity contribution is 5.99. The van der Waals surface area contributed by atoms with E-state index in [1.807, 2.05) is 18.2 Å². The van der Waals surface area contributed by atoms with Crippen molar-refractivity contribution >= 4 is 28.3 Å². The van der Waals surface area contributed by atoms with Crippen LogP contribution in [0.15, 0.2) is 36.5 Å². The molecule has 30 heavy (non-hydrogen) atoms. The number of benzene rings is 1. The molecular formula is C22H24F3N3O2. The van der Waals surface area contributed by atoms with Crippen LogP contribution in [-0.4, -0.2) is 36.1 Å². The zero-order valence-corrected chi connectivity index (χ0v) is 16.8. The van der Waals surface area contributed by atoms with Crippen LogP contribution >= 0.6 is 0 Å². The van der Waals surface area contributed by atoms with Crippen LogP contribution in [0, 0.1) is 5.92 Å². The highest BCUT2D eigenvalue weighted by Crippen LogP contribution is 2.40. The third kappa shape index (κ3) is 4.98. The minimum Gasteiger partial charge on any atom is -0.359 e. The van der Waals surface area contributed by atoms with E-state index in [1.165, 1.54) is 13.2 Å². The first kappa shape index (κ1) is 21.8. The van der Waals surface area contributed by atoms with Crippen LogP contribution in [0.3, 0.4) is 0 Å². The number of nitrogens with one attached hydrogen (secondary N) is 2. The van der Waals surface area contributed by atoms with Crippen molar-refractivity contribution in [1.29, 1.82) is 0 Å². The van der Waals surface area contributed by atoms with Gasteiger partial charge in [-0.25, -0.2) is 0 Å². The van der Waals surface area contributed by atoms with Crippen LogP contribution in [-0.2, 0) is 4.79 Å². The quantitative estimate of drug-likeness (QED) is 0.762. The molecule has 0 aliphatic heterocycles. The summed E-state index contributed by atoms with van der Waals surface area (Å²) in [5, 5.41) is 6.01. The Kier molecular flexibility index (Phi) is 6.43. The van der Waals surface area contributed by atoms with E-state index in [9.17, 15) is 22.8 Å². The van der Waals surface area contributed by atoms with Gasteiger partial charge in [0.2, 0.25) is 5.91 Å². The van der Waals surface area contributed by atoms with E-state index in [1.54, 1.807) is 19.1 Å². The molecule has 0 bridgehead atoms. The Balaban J connectivity index is 1.80. The van der Waals surface area contributed by atoms with Crippen molar-refractivity contribution in [3.05, 3.63) is 47.7 Å². The Labute approximate surface area is 172 Å². The van der Waals surface area contributed by atoms with Gasteiger partial charge in [0.15, 0.2) is 0 Å². The van der Waals surface area contributed by atoms with Gasteiger partial charge in [0, 0.05) is 36.7 Å². The molecule has 8 heteroatoms. The predicted octanol–water partition coefficient (Wildman–Crippen LogP) is 4.24. The van der Waals surface area contributed by atoms with Gasteiger partial charge in [-0.3, -0.25) is 14.6 Å². The first-order valence-corrected chi connectivity index (χ1v) is 9.85. The number of pyridine rings is 1. The SMILES string of the molecule is CNC(=O)C[C@@H](C)NC(=O)c1cnc2c(C3=CCC(C(F)(F)F)CC3)cccc2c1. The van der Waals surface area contributed by atoms with E-state index in [4.69, 9.17) is 0 Å². The lowest BCUT2D eigenvalue weighted by Crippen LogP contribution is -2.36. The molecule has 1 heterocycles. The summed E-state index contributed by atoms with van der Waals surface area (Å²) in [6, 6.07) is 6.84. The third-order valence-electron chi connectivity index (χ3n) is 5.34. The van der Waals surface area contributed by atoms with E-state index >= 15 is 0 Å². The highest BCUT2D eigenvalue weighted by Gasteiger charge is 2.39. The van der Waals surface area contributed by atoms with E-state index in [0.717, 1.165) is 16.5 Å². The normalized spacial score (nSPS) is 17.9. The molecule has 2 N–H and O–H groups in total. The number of carbonyl (C=O) groups excluding carboxylic acids is 2. The molecule has 1 unspecified atom stereocenters. The predicted molar refractivity (Wildman–Crippen MR) is 109 cm³/mol. The molecule has 1 aromatic carbocycles. The maximum Gasteiger partial charge on any atom is 0.392 e. The van der Waals surface area contributed by atoms with Crippen molar-refractivity contribution in [2.75, 3.05) is 7.05 Å². The van der Waals surface area contributed by atoms with Crippen LogP contribution in [0.1, 0.15) is 48.5 Å². The van der Waals surface area contributed by atoms with E-state index in [-0.39, 0.29) is 37.1 Å². The average molecular weight is 419 g/mol. The van der Waals surface area contributed by atoms with Crippen molar-refractivity contribution in [3.63, 3.8) is 0 Å². The van der Waals surface area contributed by atoms with Crippen molar-refractivity contribution in [2.24, 2.45) is 5.92 Å². The molecule has 0 radical (unpaired) electrons. The van der Waals surface area contributed by atoms with Gasteiger partial charge in [-0.05, 0) is 37.8 Å². The number of para-hydroxylation sites is 1. The van der Waals surface area contributed by atoms with Gasteiger partial charge in [-0.2, -0.15) is 13.2 Å². The summed E-state index contributed by atoms with van der Waals surface area (Å²) in [6.45, 7) is 1.74. The summed E-state index contributed by atoms with van der Waals surface area (Å²) in [5.74, 6) is -1.80. The van der Waals surface area contributed by atoms with E-state index < -0.39 is 12.1 Å². The number of fused-ring (bicyclic) bond motifs is 1. The molecule has 3 rings (SSSR count). The third-order valence-corrected chi connectivity index (χ3v) is 5.34. The minimum atomic E-state index is -4.17. The van der Waals surface area contributed by atoms with Crippen molar-refractivity contribution in [2.45, 2.75) is 44.8 Å². The Bertz CT molecular complexity index is 985. The zero-order chi connectivity index (χ0) is 21.9. The van der Waals surface area contributed by atoms with Crippen LogP contribution in [0.4, 0.5) is 13.2 Å². The van der Waals surface area contributed by atoms with Crippen LogP contribution in [0.25, 0.3) is 16.5 Å². The van der Waals surface area contributed by atoms with E-state index in [2.05, 4.69) is 15.6 Å². The summed E-state index contributed by atoms with van der Waals surface area (Å²) in [4.78, 5) is 28.3. The average Bonchev–Trinajstić information content (AvgIpc) is 2.72. The standard InChI is InChI=1S/C22H24F3N3O2/c1-13(10-19(29)26-2)28-21(30)16-11-15-4-3-5-18(20(15)27-12-16)14-6-8-17(9-7-14)22(23,24)25/h3-6,11-13,17H,7-10H2,1-2H3,(H,26,29)(H,28,30)/t13-,17?/m1/s1. The molecule has 2 amide bonds. The Morgan fingerprint density at radius 3 is 2.70 bits per heavy atom. The Morgan fingerprint density at radius 2 is 2.07 bits per heavy atom. The highest BCUT2D eigenvalue weighted by atomic mass is 19.4. The van der Waals surface area contributed by atoms with E-state index in [0.29, 0.717) is 17.5 Å². The van der Waals surface area contributed by atoms with Crippen LogP contribution in [0.2, 0.25) is 0 Å². The molecule has 160 valence electrons. The summed E-state index contributed by atoms with van der Waals surface area (Å²) in [5.41, 5.74) is 2.67. The molecule has 5 nitrogen and oxygen atoms in total. The molecule has 2 aromatic rings. The lowest BCUT2D eigenvalue weighted by molar-refractivity contribution is -0.175. The maximum atomic E-state index is 12.9. The minimum absolute atomic E-state index is 0.0288. The second-order valence-electron chi connectivity index (χ2n) is 7.60. The van der Waals surface area contributed by atoms with Gasteiger partial charge in [0.1, 0.15) is 0 Å². The Hall–Kier alpha value is -2.90. The lowest BCUT2D eigenvalue weighted by atomic mass is 9.85. The number of rotatable bonds is 5. The smallest absolute Gasteiger partial charge is 0.359 e. The van der Waals surface area contributed by atoms with Crippen LogP contribution < -0.4 is 10.6 Å². The number of amides is 2. The fraction of sp³-hybridized carbons (Fsp3) is 0.409. The van der Waals surface area contributed by atoms with Gasteiger partial charge in [0.05, 0.1) is 17.0 Å². The molecule has 1 aromatic heterocycles. The molecule has 0 saturated heterocycles. The summed E-state index contributed by atoms with van der Waals surface area (Å²) >= 11 is 0. The molecular weight excluding hydrogens is 395 g/mol. The van der Waals surface area contributed by atoms with Gasteiger partial charge in [0.25, 0.3) is 5.91 Å². The Morgan fingerprint density at radius 1 is 1.30 bits per heavy atom. The van der Waals surface area contributed by atoms with Crippen LogP contribution in [0.5, 0.6) is 0 Å². The number of allylic oxidation sites excluding steroid dienone is 2. The fourth-order valence-electron chi connectivity index (χ4n) is 3.66. The van der Waals surface area contributed by atoms with Gasteiger partial charge >= 0.3 is 6.18 Å². The number of hydrogen-bond acceptors (Lipinski definition) is 3. The van der Waals surface area contributed by atoms with Gasteiger partial charge in [-0.1, -0.05) is 24.3 Å². The largest absolute Gasteiger partial charge is 0.392 e. The number of carbonyl (C=O) groups is 2.